The van der Waals surface area contributed by atoms with Crippen molar-refractivity contribution in [3.63, 3.8) is 0 Å². The summed E-state index contributed by atoms with van der Waals surface area (Å²) in [5.41, 5.74) is 6.32. The molecule has 7 heteroatoms. The summed E-state index contributed by atoms with van der Waals surface area (Å²) in [6.07, 6.45) is 0.0921. The monoisotopic (exact) mass is 497 g/mol. The summed E-state index contributed by atoms with van der Waals surface area (Å²) in [5.74, 6) is 0.0562. The molecule has 0 saturated heterocycles. The van der Waals surface area contributed by atoms with Gasteiger partial charge in [0.1, 0.15) is 12.3 Å². The number of aromatic nitrogens is 1. The second-order valence-corrected chi connectivity index (χ2v) is 10.0. The highest BCUT2D eigenvalue weighted by atomic mass is 32.1. The molecule has 0 spiro atoms. The fourth-order valence-corrected chi connectivity index (χ4v) is 5.25. The third kappa shape index (κ3) is 5.16. The molecule has 3 aromatic carbocycles. The molecule has 6 nitrogen and oxygen atoms in total. The summed E-state index contributed by atoms with van der Waals surface area (Å²) < 4.78 is 5.84. The van der Waals surface area contributed by atoms with E-state index < -0.39 is 6.10 Å². The lowest BCUT2D eigenvalue weighted by molar-refractivity contribution is -0.127. The number of fused-ring (bicyclic) bond motifs is 1. The maximum Gasteiger partial charge on any atom is 0.268 e. The summed E-state index contributed by atoms with van der Waals surface area (Å²) in [4.78, 5) is 32.3. The molecule has 1 unspecified atom stereocenters. The zero-order valence-electron chi connectivity index (χ0n) is 20.4. The van der Waals surface area contributed by atoms with Gasteiger partial charge in [-0.3, -0.25) is 14.5 Å². The molecule has 1 N–H and O–H groups in total. The predicted octanol–water partition coefficient (Wildman–Crippen LogP) is 5.77. The van der Waals surface area contributed by atoms with Gasteiger partial charge >= 0.3 is 0 Å². The summed E-state index contributed by atoms with van der Waals surface area (Å²) in [7, 11) is 0. The fraction of sp³-hybridized carbons (Fsp3) is 0.207. The topological polar surface area (TPSA) is 71.5 Å². The van der Waals surface area contributed by atoms with Crippen molar-refractivity contribution in [2.45, 2.75) is 33.3 Å². The Kier molecular flexibility index (Phi) is 6.57. The number of nitrogens with one attached hydrogen (secondary N) is 1. The molecule has 182 valence electrons. The van der Waals surface area contributed by atoms with E-state index in [1.807, 2.05) is 73.8 Å². The predicted molar refractivity (Wildman–Crippen MR) is 144 cm³/mol. The van der Waals surface area contributed by atoms with Crippen molar-refractivity contribution < 1.29 is 14.3 Å². The zero-order chi connectivity index (χ0) is 25.2. The molecule has 0 aliphatic carbocycles. The lowest BCUT2D eigenvalue weighted by Crippen LogP contribution is -2.47. The minimum absolute atomic E-state index is 0.105. The average molecular weight is 498 g/mol. The van der Waals surface area contributed by atoms with Crippen LogP contribution in [0.5, 0.6) is 5.75 Å². The van der Waals surface area contributed by atoms with Crippen molar-refractivity contribution in [3.05, 3.63) is 93.8 Å². The quantitative estimate of drug-likeness (QED) is 0.367. The standard InChI is InChI=1S/C29H27N3O3S/c1-18-11-19(2)13-23(12-18)30-27(33)16-32-25-15-22(9-10-26(25)35-20(3)29(32)34)24-17-36-28(31-24)14-21-7-5-4-6-8-21/h4-13,15,17,20H,14,16H2,1-3H3,(H,30,33). The molecular formula is C29H27N3O3S. The molecular weight excluding hydrogens is 470 g/mol. The van der Waals surface area contributed by atoms with Gasteiger partial charge in [-0.15, -0.1) is 11.3 Å². The second kappa shape index (κ2) is 9.95. The van der Waals surface area contributed by atoms with Crippen LogP contribution in [0.2, 0.25) is 0 Å². The highest BCUT2D eigenvalue weighted by Gasteiger charge is 2.33. The lowest BCUT2D eigenvalue weighted by Gasteiger charge is -2.32. The number of carbonyl (C=O) groups excluding carboxylic acids is 2. The van der Waals surface area contributed by atoms with E-state index in [1.54, 1.807) is 18.3 Å². The summed E-state index contributed by atoms with van der Waals surface area (Å²) in [6.45, 7) is 5.56. The number of anilines is 2. The molecule has 0 radical (unpaired) electrons. The largest absolute Gasteiger partial charge is 0.479 e. The molecule has 1 aliphatic heterocycles. The minimum Gasteiger partial charge on any atom is -0.479 e. The molecule has 0 bridgehead atoms. The summed E-state index contributed by atoms with van der Waals surface area (Å²) in [5, 5.41) is 5.96. The SMILES string of the molecule is Cc1cc(C)cc(NC(=O)CN2C(=O)C(C)Oc3ccc(-c4csc(Cc5ccccc5)n4)cc32)c1. The van der Waals surface area contributed by atoms with Gasteiger partial charge in [0.2, 0.25) is 5.91 Å². The van der Waals surface area contributed by atoms with Gasteiger partial charge in [0.05, 0.1) is 16.4 Å². The van der Waals surface area contributed by atoms with Crippen LogP contribution >= 0.6 is 11.3 Å². The molecule has 1 atom stereocenters. The minimum atomic E-state index is -0.672. The van der Waals surface area contributed by atoms with Gasteiger partial charge < -0.3 is 10.1 Å². The van der Waals surface area contributed by atoms with Crippen molar-refractivity contribution in [1.29, 1.82) is 0 Å². The van der Waals surface area contributed by atoms with E-state index in [0.717, 1.165) is 33.8 Å². The number of aryl methyl sites for hydroxylation is 2. The van der Waals surface area contributed by atoms with Gasteiger partial charge in [0.15, 0.2) is 6.10 Å². The van der Waals surface area contributed by atoms with Crippen molar-refractivity contribution in [3.8, 4) is 17.0 Å². The Balaban J connectivity index is 1.39. The lowest BCUT2D eigenvalue weighted by atomic mass is 10.1. The molecule has 2 amide bonds. The third-order valence-electron chi connectivity index (χ3n) is 6.02. The first-order chi connectivity index (χ1) is 17.4. The number of hydrogen-bond acceptors (Lipinski definition) is 5. The number of carbonyl (C=O) groups is 2. The van der Waals surface area contributed by atoms with Crippen LogP contribution in [0.15, 0.2) is 72.1 Å². The van der Waals surface area contributed by atoms with Gasteiger partial charge in [-0.25, -0.2) is 4.98 Å². The van der Waals surface area contributed by atoms with Crippen LogP contribution < -0.4 is 15.0 Å². The second-order valence-electron chi connectivity index (χ2n) is 9.08. The van der Waals surface area contributed by atoms with Gasteiger partial charge in [-0.05, 0) is 67.8 Å². The van der Waals surface area contributed by atoms with Crippen LogP contribution in [-0.2, 0) is 16.0 Å². The van der Waals surface area contributed by atoms with Crippen LogP contribution in [0, 0.1) is 13.8 Å². The normalized spacial score (nSPS) is 14.8. The number of nitrogens with zero attached hydrogens (tertiary/aromatic N) is 2. The Hall–Kier alpha value is -3.97. The number of hydrogen-bond donors (Lipinski definition) is 1. The van der Waals surface area contributed by atoms with Crippen LogP contribution in [0.3, 0.4) is 0 Å². The van der Waals surface area contributed by atoms with Crippen molar-refractivity contribution in [2.24, 2.45) is 0 Å². The molecule has 1 aromatic heterocycles. The maximum absolute atomic E-state index is 13.0. The van der Waals surface area contributed by atoms with Gasteiger partial charge in [0.25, 0.3) is 5.91 Å². The van der Waals surface area contributed by atoms with E-state index in [4.69, 9.17) is 9.72 Å². The summed E-state index contributed by atoms with van der Waals surface area (Å²) in [6, 6.07) is 21.8. The maximum atomic E-state index is 13.0. The van der Waals surface area contributed by atoms with Crippen molar-refractivity contribution in [2.75, 3.05) is 16.8 Å². The Morgan fingerprint density at radius 1 is 1.06 bits per heavy atom. The van der Waals surface area contributed by atoms with Gasteiger partial charge in [0, 0.05) is 23.1 Å². The highest BCUT2D eigenvalue weighted by molar-refractivity contribution is 7.10. The third-order valence-corrected chi connectivity index (χ3v) is 6.87. The van der Waals surface area contributed by atoms with Crippen molar-refractivity contribution >= 4 is 34.5 Å². The summed E-state index contributed by atoms with van der Waals surface area (Å²) >= 11 is 1.61. The Morgan fingerprint density at radius 2 is 1.81 bits per heavy atom. The first kappa shape index (κ1) is 23.8. The van der Waals surface area contributed by atoms with E-state index >= 15 is 0 Å². The van der Waals surface area contributed by atoms with Crippen LogP contribution in [0.4, 0.5) is 11.4 Å². The molecule has 0 fully saturated rings. The van der Waals surface area contributed by atoms with Crippen LogP contribution in [0.1, 0.15) is 28.6 Å². The van der Waals surface area contributed by atoms with Gasteiger partial charge in [-0.1, -0.05) is 36.4 Å². The Labute approximate surface area is 214 Å². The average Bonchev–Trinajstić information content (AvgIpc) is 3.30. The zero-order valence-corrected chi connectivity index (χ0v) is 21.3. The molecule has 4 aromatic rings. The number of amides is 2. The van der Waals surface area contributed by atoms with E-state index in [-0.39, 0.29) is 18.4 Å². The van der Waals surface area contributed by atoms with Crippen LogP contribution in [0.25, 0.3) is 11.3 Å². The van der Waals surface area contributed by atoms with E-state index in [1.165, 1.54) is 10.5 Å². The number of rotatable bonds is 6. The first-order valence-electron chi connectivity index (χ1n) is 11.8. The Bertz CT molecular complexity index is 1410. The van der Waals surface area contributed by atoms with E-state index in [9.17, 15) is 9.59 Å². The molecule has 2 heterocycles. The smallest absolute Gasteiger partial charge is 0.268 e. The number of benzene rings is 3. The molecule has 1 aliphatic rings. The molecule has 36 heavy (non-hydrogen) atoms. The molecule has 5 rings (SSSR count). The van der Waals surface area contributed by atoms with E-state index in [2.05, 4.69) is 17.4 Å². The fourth-order valence-electron chi connectivity index (χ4n) is 4.42. The number of thiazole rings is 1. The molecule has 0 saturated carbocycles. The van der Waals surface area contributed by atoms with E-state index in [0.29, 0.717) is 17.1 Å². The number of ether oxygens (including phenoxy) is 1. The van der Waals surface area contributed by atoms with Crippen LogP contribution in [-0.4, -0.2) is 29.4 Å². The van der Waals surface area contributed by atoms with Crippen molar-refractivity contribution in [1.82, 2.24) is 4.98 Å². The first-order valence-corrected chi connectivity index (χ1v) is 12.7. The Morgan fingerprint density at radius 3 is 2.56 bits per heavy atom. The van der Waals surface area contributed by atoms with Gasteiger partial charge in [-0.2, -0.15) is 0 Å². The highest BCUT2D eigenvalue weighted by Crippen LogP contribution is 2.38.